The lowest BCUT2D eigenvalue weighted by Gasteiger charge is -2.37. The molecule has 1 atom stereocenters. The minimum Gasteiger partial charge on any atom is -0.403 e. The van der Waals surface area contributed by atoms with Crippen molar-refractivity contribution in [1.82, 2.24) is 0 Å². The minimum absolute atomic E-state index is 0.00466. The van der Waals surface area contributed by atoms with E-state index in [1.807, 2.05) is 0 Å². The quantitative estimate of drug-likeness (QED) is 0.251. The second-order valence-corrected chi connectivity index (χ2v) is 11.8. The second kappa shape index (κ2) is 12.0. The van der Waals surface area contributed by atoms with Crippen molar-refractivity contribution in [3.63, 3.8) is 0 Å². The van der Waals surface area contributed by atoms with E-state index in [0.717, 1.165) is 49.3 Å². The minimum atomic E-state index is -4.97. The maximum atomic E-state index is 15.3. The van der Waals surface area contributed by atoms with E-state index in [-0.39, 0.29) is 17.4 Å². The molecule has 7 heteroatoms. The third kappa shape index (κ3) is 6.60. The number of alkyl halides is 3. The van der Waals surface area contributed by atoms with Crippen LogP contribution >= 0.6 is 0 Å². The van der Waals surface area contributed by atoms with Gasteiger partial charge in [-0.2, -0.15) is 0 Å². The lowest BCUT2D eigenvalue weighted by atomic mass is 9.68. The molecule has 2 fully saturated rings. The lowest BCUT2D eigenvalue weighted by molar-refractivity contribution is -0.275. The van der Waals surface area contributed by atoms with E-state index in [2.05, 4.69) is 17.4 Å². The van der Waals surface area contributed by atoms with Crippen LogP contribution in [0.15, 0.2) is 49.1 Å². The average molecular weight is 563 g/mol. The molecule has 0 aromatic heterocycles. The molecule has 0 radical (unpaired) electrons. The first kappa shape index (κ1) is 28.8. The van der Waals surface area contributed by atoms with Gasteiger partial charge in [-0.25, -0.2) is 13.2 Å². The van der Waals surface area contributed by atoms with Gasteiger partial charge in [0.25, 0.3) is 0 Å². The van der Waals surface area contributed by atoms with Gasteiger partial charge in [-0.3, -0.25) is 0 Å². The number of ether oxygens (including phenoxy) is 1. The Balaban J connectivity index is 1.21. The summed E-state index contributed by atoms with van der Waals surface area (Å²) in [6.07, 6.45) is 9.27. The van der Waals surface area contributed by atoms with Gasteiger partial charge in [0.1, 0.15) is 11.6 Å². The van der Waals surface area contributed by atoms with Crippen molar-refractivity contribution in [1.29, 1.82) is 0 Å². The van der Waals surface area contributed by atoms with Gasteiger partial charge in [0.05, 0.1) is 0 Å². The maximum absolute atomic E-state index is 15.3. The first-order chi connectivity index (χ1) is 19.1. The van der Waals surface area contributed by atoms with Gasteiger partial charge in [0, 0.05) is 5.56 Å². The van der Waals surface area contributed by atoms with Gasteiger partial charge in [-0.05, 0) is 141 Å². The zero-order valence-electron chi connectivity index (χ0n) is 22.6. The van der Waals surface area contributed by atoms with Gasteiger partial charge in [0.15, 0.2) is 11.6 Å². The van der Waals surface area contributed by atoms with Crippen LogP contribution in [0.2, 0.25) is 0 Å². The fourth-order valence-corrected chi connectivity index (χ4v) is 7.25. The van der Waals surface area contributed by atoms with E-state index in [9.17, 15) is 17.6 Å². The van der Waals surface area contributed by atoms with Crippen LogP contribution in [-0.2, 0) is 0 Å². The molecule has 2 saturated carbocycles. The highest BCUT2D eigenvalue weighted by Gasteiger charge is 2.33. The number of halogens is 6. The highest BCUT2D eigenvalue weighted by atomic mass is 19.4. The van der Waals surface area contributed by atoms with E-state index in [1.54, 1.807) is 6.08 Å². The molecule has 2 aromatic rings. The van der Waals surface area contributed by atoms with Gasteiger partial charge in [-0.15, -0.1) is 19.8 Å². The summed E-state index contributed by atoms with van der Waals surface area (Å²) in [5.41, 5.74) is 1.84. The molecule has 0 bridgehead atoms. The number of allylic oxidation sites excluding steroid dienone is 3. The molecule has 0 saturated heterocycles. The average Bonchev–Trinajstić information content (AvgIpc) is 2.93. The Hall–Kier alpha value is -2.70. The highest BCUT2D eigenvalue weighted by Crippen LogP contribution is 2.45. The largest absolute Gasteiger partial charge is 0.573 e. The Kier molecular flexibility index (Phi) is 8.67. The molecule has 1 nitrogen and oxygen atoms in total. The van der Waals surface area contributed by atoms with Crippen molar-refractivity contribution in [2.45, 2.75) is 88.8 Å². The smallest absolute Gasteiger partial charge is 0.403 e. The summed E-state index contributed by atoms with van der Waals surface area (Å²) in [5.74, 6) is -0.945. The van der Waals surface area contributed by atoms with Crippen LogP contribution in [0.5, 0.6) is 5.75 Å². The molecule has 2 aromatic carbocycles. The van der Waals surface area contributed by atoms with Gasteiger partial charge >= 0.3 is 6.36 Å². The Bertz CT molecular complexity index is 1210. The number of benzene rings is 2. The van der Waals surface area contributed by atoms with E-state index in [0.29, 0.717) is 42.2 Å². The zero-order chi connectivity index (χ0) is 28.4. The molecule has 40 heavy (non-hydrogen) atoms. The van der Waals surface area contributed by atoms with Crippen molar-refractivity contribution in [2.24, 2.45) is 17.8 Å². The van der Waals surface area contributed by atoms with Gasteiger partial charge in [-0.1, -0.05) is 18.2 Å². The summed E-state index contributed by atoms with van der Waals surface area (Å²) in [4.78, 5) is 0. The van der Waals surface area contributed by atoms with Crippen LogP contribution in [0.25, 0.3) is 5.57 Å². The van der Waals surface area contributed by atoms with Crippen LogP contribution in [-0.4, -0.2) is 6.36 Å². The summed E-state index contributed by atoms with van der Waals surface area (Å²) >= 11 is 0. The topological polar surface area (TPSA) is 9.23 Å². The molecular weight excluding hydrogens is 526 g/mol. The molecule has 0 spiro atoms. The maximum Gasteiger partial charge on any atom is 0.573 e. The standard InChI is InChI=1S/C33H36F6O/c1-2-20-3-5-21(6-4-20)22-7-9-24(10-8-22)27-18-29(35)32(30(36)19-27)25-13-11-23(12-14-25)26-15-16-31(28(34)17-26)40-33(37,38)39/h2,13,15-24H,1,3-12,14H2. The molecule has 216 valence electrons. The summed E-state index contributed by atoms with van der Waals surface area (Å²) < 4.78 is 85.7. The number of hydrogen-bond acceptors (Lipinski definition) is 1. The Morgan fingerprint density at radius 1 is 0.725 bits per heavy atom. The summed E-state index contributed by atoms with van der Waals surface area (Å²) in [6, 6.07) is 6.42. The third-order valence-corrected chi connectivity index (χ3v) is 9.51. The van der Waals surface area contributed by atoms with Crippen LogP contribution in [0.1, 0.15) is 99.2 Å². The Labute approximate surface area is 232 Å². The fourth-order valence-electron chi connectivity index (χ4n) is 7.25. The predicted octanol–water partition coefficient (Wildman–Crippen LogP) is 10.6. The van der Waals surface area contributed by atoms with Crippen molar-refractivity contribution in [3.8, 4) is 5.75 Å². The molecular formula is C33H36F6O. The van der Waals surface area contributed by atoms with Crippen molar-refractivity contribution >= 4 is 5.57 Å². The zero-order valence-corrected chi connectivity index (χ0v) is 22.6. The first-order valence-corrected chi connectivity index (χ1v) is 14.5. The summed E-state index contributed by atoms with van der Waals surface area (Å²) in [6.45, 7) is 3.94. The van der Waals surface area contributed by atoms with E-state index in [4.69, 9.17) is 0 Å². The molecule has 0 N–H and O–H groups in total. The van der Waals surface area contributed by atoms with Crippen molar-refractivity contribution in [2.75, 3.05) is 0 Å². The second-order valence-electron chi connectivity index (χ2n) is 11.8. The first-order valence-electron chi connectivity index (χ1n) is 14.5. The van der Waals surface area contributed by atoms with Crippen molar-refractivity contribution in [3.05, 3.63) is 83.2 Å². The Morgan fingerprint density at radius 3 is 1.85 bits per heavy atom. The van der Waals surface area contributed by atoms with Crippen molar-refractivity contribution < 1.29 is 31.1 Å². The molecule has 1 unspecified atom stereocenters. The van der Waals surface area contributed by atoms with Crippen LogP contribution in [0.3, 0.4) is 0 Å². The number of hydrogen-bond donors (Lipinski definition) is 0. The van der Waals surface area contributed by atoms with Crippen LogP contribution in [0, 0.1) is 35.2 Å². The third-order valence-electron chi connectivity index (χ3n) is 9.51. The van der Waals surface area contributed by atoms with Gasteiger partial charge in [0.2, 0.25) is 0 Å². The molecule has 0 amide bonds. The SMILES string of the molecule is C=CC1CCC(C2CCC(c3cc(F)c(C4=CCC(c5ccc(OC(F)(F)F)c(F)c5)CC4)c(F)c3)CC2)CC1. The summed E-state index contributed by atoms with van der Waals surface area (Å²) in [7, 11) is 0. The molecule has 3 aliphatic rings. The Morgan fingerprint density at radius 2 is 1.32 bits per heavy atom. The van der Waals surface area contributed by atoms with Gasteiger partial charge < -0.3 is 4.74 Å². The lowest BCUT2D eigenvalue weighted by Crippen LogP contribution is -2.25. The fraction of sp³-hybridized carbons (Fsp3) is 0.515. The molecule has 0 heterocycles. The van der Waals surface area contributed by atoms with Crippen LogP contribution in [0.4, 0.5) is 26.3 Å². The predicted molar refractivity (Wildman–Crippen MR) is 144 cm³/mol. The van der Waals surface area contributed by atoms with Crippen LogP contribution < -0.4 is 4.74 Å². The summed E-state index contributed by atoms with van der Waals surface area (Å²) in [5, 5.41) is 0. The normalized spacial score (nSPS) is 27.6. The molecule has 5 rings (SSSR count). The highest BCUT2D eigenvalue weighted by molar-refractivity contribution is 5.68. The molecule has 0 aliphatic heterocycles. The number of rotatable bonds is 6. The van der Waals surface area contributed by atoms with E-state index >= 15 is 8.78 Å². The molecule has 3 aliphatic carbocycles. The van der Waals surface area contributed by atoms with E-state index < -0.39 is 29.6 Å². The van der Waals surface area contributed by atoms with E-state index in [1.165, 1.54) is 43.9 Å². The monoisotopic (exact) mass is 562 g/mol.